The van der Waals surface area contributed by atoms with E-state index in [4.69, 9.17) is 0 Å². The summed E-state index contributed by atoms with van der Waals surface area (Å²) in [5.41, 5.74) is 19.7. The van der Waals surface area contributed by atoms with E-state index in [1.807, 2.05) is 0 Å². The smallest absolute Gasteiger partial charge is 0.0726 e. The Labute approximate surface area is 377 Å². The molecule has 0 bridgehead atoms. The lowest BCUT2D eigenvalue weighted by atomic mass is 9.49. The van der Waals surface area contributed by atoms with Crippen molar-refractivity contribution in [1.82, 2.24) is 4.57 Å². The van der Waals surface area contributed by atoms with Crippen LogP contribution in [0.4, 0.5) is 17.1 Å². The second-order valence-corrected chi connectivity index (χ2v) is 17.6. The first-order valence-corrected chi connectivity index (χ1v) is 22.6. The van der Waals surface area contributed by atoms with Gasteiger partial charge in [-0.15, -0.1) is 0 Å². The first-order valence-electron chi connectivity index (χ1n) is 22.6. The summed E-state index contributed by atoms with van der Waals surface area (Å²) < 4.78 is 2.40. The molecular formula is C63H40N2. The molecule has 2 heteroatoms. The van der Waals surface area contributed by atoms with Crippen LogP contribution in [0.15, 0.2) is 243 Å². The minimum Gasteiger partial charge on any atom is -0.310 e. The molecule has 1 heterocycles. The average Bonchev–Trinajstić information content (AvgIpc) is 3.70. The Bertz CT molecular complexity index is 3810. The first-order chi connectivity index (χ1) is 32.2. The van der Waals surface area contributed by atoms with Crippen LogP contribution < -0.4 is 4.90 Å². The predicted octanol–water partition coefficient (Wildman–Crippen LogP) is 16.6. The number of aromatic nitrogens is 1. The van der Waals surface area contributed by atoms with Crippen molar-refractivity contribution in [2.75, 3.05) is 4.90 Å². The number of benzene rings is 11. The van der Waals surface area contributed by atoms with Crippen LogP contribution in [-0.4, -0.2) is 4.57 Å². The van der Waals surface area contributed by atoms with Crippen LogP contribution in [0.5, 0.6) is 0 Å². The third kappa shape index (κ3) is 5.11. The number of para-hydroxylation sites is 1. The van der Waals surface area contributed by atoms with Crippen molar-refractivity contribution in [3.8, 4) is 39.1 Å². The molecule has 1 aromatic heterocycles. The van der Waals surface area contributed by atoms with Gasteiger partial charge in [0.25, 0.3) is 0 Å². The van der Waals surface area contributed by atoms with E-state index in [0.717, 1.165) is 17.1 Å². The Morgan fingerprint density at radius 1 is 0.308 bits per heavy atom. The average molecular weight is 825 g/mol. The van der Waals surface area contributed by atoms with Gasteiger partial charge in [0.2, 0.25) is 0 Å². The molecule has 302 valence electrons. The Balaban J connectivity index is 0.875. The highest BCUT2D eigenvalue weighted by atomic mass is 15.1. The van der Waals surface area contributed by atoms with Gasteiger partial charge in [0.15, 0.2) is 0 Å². The van der Waals surface area contributed by atoms with Gasteiger partial charge in [-0.05, 0) is 132 Å². The number of rotatable bonds is 7. The van der Waals surface area contributed by atoms with E-state index in [9.17, 15) is 0 Å². The number of hydrogen-bond donors (Lipinski definition) is 0. The van der Waals surface area contributed by atoms with Crippen molar-refractivity contribution in [1.29, 1.82) is 0 Å². The zero-order valence-corrected chi connectivity index (χ0v) is 35.5. The molecule has 0 amide bonds. The van der Waals surface area contributed by atoms with E-state index < -0.39 is 0 Å². The Hall–Kier alpha value is -8.46. The topological polar surface area (TPSA) is 8.17 Å². The maximum absolute atomic E-state index is 2.46. The van der Waals surface area contributed by atoms with Gasteiger partial charge in [-0.25, -0.2) is 0 Å². The lowest BCUT2D eigenvalue weighted by molar-refractivity contribution is 0.701. The van der Waals surface area contributed by atoms with Gasteiger partial charge >= 0.3 is 0 Å². The van der Waals surface area contributed by atoms with Gasteiger partial charge in [-0.3, -0.25) is 0 Å². The number of nitrogens with zero attached hydrogens (tertiary/aromatic N) is 2. The molecule has 2 aliphatic carbocycles. The van der Waals surface area contributed by atoms with Crippen molar-refractivity contribution < 1.29 is 0 Å². The summed E-state index contributed by atoms with van der Waals surface area (Å²) in [6.45, 7) is 0. The lowest BCUT2D eigenvalue weighted by Crippen LogP contribution is -2.43. The Morgan fingerprint density at radius 2 is 0.831 bits per heavy atom. The number of anilines is 3. The minimum atomic E-state index is -0.165. The monoisotopic (exact) mass is 824 g/mol. The van der Waals surface area contributed by atoms with Gasteiger partial charge in [-0.2, -0.15) is 0 Å². The molecule has 0 aliphatic heterocycles. The Kier molecular flexibility index (Phi) is 7.64. The van der Waals surface area contributed by atoms with Crippen LogP contribution in [0.25, 0.3) is 82.4 Å². The third-order valence-corrected chi connectivity index (χ3v) is 14.4. The van der Waals surface area contributed by atoms with Gasteiger partial charge in [-0.1, -0.05) is 182 Å². The fraction of sp³-hybridized carbons (Fsp3) is 0.0159. The zero-order chi connectivity index (χ0) is 42.6. The summed E-state index contributed by atoms with van der Waals surface area (Å²) in [5, 5.41) is 7.90. The fourth-order valence-corrected chi connectivity index (χ4v) is 11.5. The van der Waals surface area contributed by atoms with Crippen LogP contribution in [0.2, 0.25) is 0 Å². The van der Waals surface area contributed by atoms with Crippen molar-refractivity contribution in [2.24, 2.45) is 0 Å². The van der Waals surface area contributed by atoms with E-state index >= 15 is 0 Å². The van der Waals surface area contributed by atoms with Gasteiger partial charge in [0, 0.05) is 33.2 Å². The quantitative estimate of drug-likeness (QED) is 0.155. The number of hydrogen-bond acceptors (Lipinski definition) is 1. The highest BCUT2D eigenvalue weighted by molar-refractivity contribution is 6.14. The first kappa shape index (κ1) is 36.1. The maximum atomic E-state index is 2.46. The molecular weight excluding hydrogens is 785 g/mol. The van der Waals surface area contributed by atoms with E-state index in [0.29, 0.717) is 0 Å². The summed E-state index contributed by atoms with van der Waals surface area (Å²) in [5.74, 6) is 0. The van der Waals surface area contributed by atoms with Crippen molar-refractivity contribution in [3.05, 3.63) is 265 Å². The molecule has 11 aromatic carbocycles. The molecule has 1 spiro atoms. The summed E-state index contributed by atoms with van der Waals surface area (Å²) in [4.78, 5) is 2.46. The highest BCUT2D eigenvalue weighted by Crippen LogP contribution is 2.65. The van der Waals surface area contributed by atoms with Crippen LogP contribution in [0.1, 0.15) is 22.3 Å². The fourth-order valence-electron chi connectivity index (χ4n) is 11.5. The Morgan fingerprint density at radius 3 is 1.58 bits per heavy atom. The van der Waals surface area contributed by atoms with Crippen LogP contribution >= 0.6 is 0 Å². The van der Waals surface area contributed by atoms with Gasteiger partial charge in [0.05, 0.1) is 22.1 Å². The molecule has 0 saturated carbocycles. The van der Waals surface area contributed by atoms with E-state index in [2.05, 4.69) is 252 Å². The second kappa shape index (κ2) is 13.8. The van der Waals surface area contributed by atoms with Crippen LogP contribution in [-0.2, 0) is 5.41 Å². The summed E-state index contributed by atoms with van der Waals surface area (Å²) >= 11 is 0. The summed E-state index contributed by atoms with van der Waals surface area (Å²) in [6, 6.07) is 89.5. The summed E-state index contributed by atoms with van der Waals surface area (Å²) in [7, 11) is 0. The minimum absolute atomic E-state index is 0.165. The van der Waals surface area contributed by atoms with Crippen molar-refractivity contribution >= 4 is 60.4 Å². The molecule has 0 N–H and O–H groups in total. The molecule has 0 radical (unpaired) electrons. The normalized spacial score (nSPS) is 13.0. The zero-order valence-electron chi connectivity index (χ0n) is 35.5. The highest BCUT2D eigenvalue weighted by Gasteiger charge is 2.54. The van der Waals surface area contributed by atoms with Crippen LogP contribution in [0.3, 0.4) is 0 Å². The van der Waals surface area contributed by atoms with Gasteiger partial charge in [0.1, 0.15) is 0 Å². The standard InChI is InChI=1S/C63H40N2/c1-3-13-41(14-4-1)43-27-32-48(33-28-43)64(59-38-36-57-62-52(59)22-12-25-56(62)63(57)54-23-10-17-45-18-11-24-55(63)61(45)54)50-20-9-19-46(39-50)44-29-34-49(35-30-44)65-58-26-8-7-21-51(58)53-40-47(31-37-60(53)65)42-15-5-2-6-16-42/h1-40H. The van der Waals surface area contributed by atoms with E-state index in [-0.39, 0.29) is 5.41 Å². The van der Waals surface area contributed by atoms with E-state index in [1.54, 1.807) is 0 Å². The molecule has 2 aliphatic rings. The molecule has 2 nitrogen and oxygen atoms in total. The molecule has 65 heavy (non-hydrogen) atoms. The van der Waals surface area contributed by atoms with Gasteiger partial charge < -0.3 is 9.47 Å². The molecule has 14 rings (SSSR count). The molecule has 0 unspecified atom stereocenters. The number of fused-ring (bicyclic) bond motifs is 7. The van der Waals surface area contributed by atoms with Crippen molar-refractivity contribution in [2.45, 2.75) is 5.41 Å². The summed E-state index contributed by atoms with van der Waals surface area (Å²) in [6.07, 6.45) is 0. The lowest BCUT2D eigenvalue weighted by Gasteiger charge is -2.52. The van der Waals surface area contributed by atoms with E-state index in [1.165, 1.54) is 105 Å². The largest absolute Gasteiger partial charge is 0.310 e. The molecule has 0 fully saturated rings. The van der Waals surface area contributed by atoms with Crippen LogP contribution in [0, 0.1) is 0 Å². The third-order valence-electron chi connectivity index (χ3n) is 14.4. The van der Waals surface area contributed by atoms with Crippen molar-refractivity contribution in [3.63, 3.8) is 0 Å². The molecule has 0 saturated heterocycles. The maximum Gasteiger partial charge on any atom is 0.0726 e. The molecule has 12 aromatic rings. The predicted molar refractivity (Wildman–Crippen MR) is 272 cm³/mol. The second-order valence-electron chi connectivity index (χ2n) is 17.6. The SMILES string of the molecule is c1ccc(-c2ccc(N(c3cccc(-c4ccc(-n5c6ccccc6c6cc(-c7ccccc7)ccc65)cc4)c3)c3ccc4c5c(cccc35)C43c4cccc5cccc3c45)cc2)cc1. The molecule has 0 atom stereocenters.